The first-order valence-corrected chi connectivity index (χ1v) is 4.88. The zero-order chi connectivity index (χ0) is 9.42. The normalized spacial score (nSPS) is 11.0. The molecule has 0 bridgehead atoms. The fraction of sp³-hybridized carbons (Fsp3) is 0.200. The van der Waals surface area contributed by atoms with E-state index in [0.717, 1.165) is 15.6 Å². The highest BCUT2D eigenvalue weighted by molar-refractivity contribution is 7.17. The number of halogens is 1. The Morgan fingerprint density at radius 2 is 2.23 bits per heavy atom. The molecule has 13 heavy (non-hydrogen) atoms. The number of aryl methyl sites for hydroxylation is 1. The van der Waals surface area contributed by atoms with Crippen molar-refractivity contribution in [3.05, 3.63) is 34.5 Å². The Balaban J connectivity index is 2.81. The number of aliphatic hydroxyl groups is 1. The van der Waals surface area contributed by atoms with Gasteiger partial charge in [0.2, 0.25) is 0 Å². The van der Waals surface area contributed by atoms with Crippen molar-refractivity contribution in [2.75, 3.05) is 0 Å². The predicted molar refractivity (Wildman–Crippen MR) is 52.4 cm³/mol. The second kappa shape index (κ2) is 3.09. The van der Waals surface area contributed by atoms with Gasteiger partial charge in [-0.3, -0.25) is 0 Å². The summed E-state index contributed by atoms with van der Waals surface area (Å²) in [6.45, 7) is 1.78. The Bertz CT molecular complexity index is 447. The maximum atomic E-state index is 13.1. The number of thiophene rings is 1. The molecule has 3 heteroatoms. The predicted octanol–water partition coefficient (Wildman–Crippen LogP) is 2.84. The number of benzene rings is 1. The van der Waals surface area contributed by atoms with Gasteiger partial charge < -0.3 is 5.11 Å². The minimum atomic E-state index is -0.182. The Kier molecular flexibility index (Phi) is 2.06. The van der Waals surface area contributed by atoms with Crippen LogP contribution in [-0.4, -0.2) is 5.11 Å². The van der Waals surface area contributed by atoms with Gasteiger partial charge >= 0.3 is 0 Å². The number of fused-ring (bicyclic) bond motifs is 1. The smallest absolute Gasteiger partial charge is 0.127 e. The molecule has 0 fully saturated rings. The molecule has 0 amide bonds. The lowest BCUT2D eigenvalue weighted by molar-refractivity contribution is 0.284. The SMILES string of the molecule is Cc1c(F)ccc2c(CO)csc12. The molecule has 0 atom stereocenters. The first-order valence-electron chi connectivity index (χ1n) is 4.00. The van der Waals surface area contributed by atoms with E-state index in [-0.39, 0.29) is 12.4 Å². The van der Waals surface area contributed by atoms with Gasteiger partial charge in [0.05, 0.1) is 6.61 Å². The van der Waals surface area contributed by atoms with Gasteiger partial charge in [0.1, 0.15) is 5.82 Å². The molecule has 1 N–H and O–H groups in total. The van der Waals surface area contributed by atoms with Gasteiger partial charge in [0, 0.05) is 10.3 Å². The number of rotatable bonds is 1. The molecular formula is C10H9FOS. The van der Waals surface area contributed by atoms with Crippen LogP contribution < -0.4 is 0 Å². The van der Waals surface area contributed by atoms with Gasteiger partial charge in [0.15, 0.2) is 0 Å². The van der Waals surface area contributed by atoms with Crippen molar-refractivity contribution in [1.82, 2.24) is 0 Å². The highest BCUT2D eigenvalue weighted by Crippen LogP contribution is 2.30. The molecule has 0 saturated heterocycles. The van der Waals surface area contributed by atoms with Crippen LogP contribution in [0.2, 0.25) is 0 Å². The van der Waals surface area contributed by atoms with Crippen molar-refractivity contribution in [2.45, 2.75) is 13.5 Å². The molecular weight excluding hydrogens is 187 g/mol. The van der Waals surface area contributed by atoms with E-state index in [1.807, 2.05) is 5.38 Å². The van der Waals surface area contributed by atoms with Gasteiger partial charge in [-0.05, 0) is 29.3 Å². The molecule has 68 valence electrons. The van der Waals surface area contributed by atoms with Crippen molar-refractivity contribution < 1.29 is 9.50 Å². The summed E-state index contributed by atoms with van der Waals surface area (Å²) in [6, 6.07) is 3.17. The van der Waals surface area contributed by atoms with Crippen LogP contribution in [0.15, 0.2) is 17.5 Å². The molecule has 0 aliphatic carbocycles. The Labute approximate surface area is 79.4 Å². The molecule has 0 unspecified atom stereocenters. The van der Waals surface area contributed by atoms with E-state index >= 15 is 0 Å². The molecule has 1 heterocycles. The standard InChI is InChI=1S/C10H9FOS/c1-6-9(11)3-2-8-7(4-12)5-13-10(6)8/h2-3,5,12H,4H2,1H3. The van der Waals surface area contributed by atoms with Crippen LogP contribution in [0.3, 0.4) is 0 Å². The van der Waals surface area contributed by atoms with Crippen molar-refractivity contribution in [3.8, 4) is 0 Å². The zero-order valence-electron chi connectivity index (χ0n) is 7.17. The third kappa shape index (κ3) is 1.24. The quantitative estimate of drug-likeness (QED) is 0.743. The summed E-state index contributed by atoms with van der Waals surface area (Å²) in [6.07, 6.45) is 0. The third-order valence-corrected chi connectivity index (χ3v) is 3.34. The maximum Gasteiger partial charge on any atom is 0.127 e. The van der Waals surface area contributed by atoms with Crippen molar-refractivity contribution in [3.63, 3.8) is 0 Å². The molecule has 2 aromatic rings. The molecule has 0 aliphatic heterocycles. The third-order valence-electron chi connectivity index (χ3n) is 2.18. The van der Waals surface area contributed by atoms with E-state index in [2.05, 4.69) is 0 Å². The fourth-order valence-electron chi connectivity index (χ4n) is 1.39. The monoisotopic (exact) mass is 196 g/mol. The second-order valence-corrected chi connectivity index (χ2v) is 3.85. The lowest BCUT2D eigenvalue weighted by Gasteiger charge is -1.98. The first-order chi connectivity index (χ1) is 6.24. The lowest BCUT2D eigenvalue weighted by atomic mass is 10.1. The molecule has 1 aromatic carbocycles. The molecule has 1 nitrogen and oxygen atoms in total. The van der Waals surface area contributed by atoms with Gasteiger partial charge in [-0.1, -0.05) is 6.07 Å². The van der Waals surface area contributed by atoms with Crippen LogP contribution in [0.25, 0.3) is 10.1 Å². The minimum absolute atomic E-state index is 0.0189. The summed E-state index contributed by atoms with van der Waals surface area (Å²) >= 11 is 1.48. The van der Waals surface area contributed by atoms with E-state index in [9.17, 15) is 4.39 Å². The van der Waals surface area contributed by atoms with E-state index in [4.69, 9.17) is 5.11 Å². The van der Waals surface area contributed by atoms with Crippen molar-refractivity contribution >= 4 is 21.4 Å². The lowest BCUT2D eigenvalue weighted by Crippen LogP contribution is -1.83. The van der Waals surface area contributed by atoms with Gasteiger partial charge in [-0.2, -0.15) is 0 Å². The molecule has 0 spiro atoms. The fourth-order valence-corrected chi connectivity index (χ4v) is 2.45. The zero-order valence-corrected chi connectivity index (χ0v) is 7.99. The second-order valence-electron chi connectivity index (χ2n) is 2.97. The molecule has 1 aromatic heterocycles. The van der Waals surface area contributed by atoms with Crippen LogP contribution in [0.4, 0.5) is 4.39 Å². The maximum absolute atomic E-state index is 13.1. The molecule has 0 radical (unpaired) electrons. The largest absolute Gasteiger partial charge is 0.392 e. The summed E-state index contributed by atoms with van der Waals surface area (Å²) in [7, 11) is 0. The van der Waals surface area contributed by atoms with E-state index in [1.54, 1.807) is 13.0 Å². The summed E-state index contributed by atoms with van der Waals surface area (Å²) in [5, 5.41) is 11.8. The summed E-state index contributed by atoms with van der Waals surface area (Å²) in [4.78, 5) is 0. The highest BCUT2D eigenvalue weighted by atomic mass is 32.1. The van der Waals surface area contributed by atoms with E-state index in [0.29, 0.717) is 5.56 Å². The topological polar surface area (TPSA) is 20.2 Å². The summed E-state index contributed by atoms with van der Waals surface area (Å²) in [5.74, 6) is -0.182. The van der Waals surface area contributed by atoms with E-state index < -0.39 is 0 Å². The van der Waals surface area contributed by atoms with Crippen LogP contribution in [0.1, 0.15) is 11.1 Å². The summed E-state index contributed by atoms with van der Waals surface area (Å²) in [5.41, 5.74) is 1.55. The van der Waals surface area contributed by atoms with Crippen LogP contribution in [0.5, 0.6) is 0 Å². The first kappa shape index (κ1) is 8.66. The van der Waals surface area contributed by atoms with E-state index in [1.165, 1.54) is 17.4 Å². The molecule has 0 aliphatic rings. The van der Waals surface area contributed by atoms with Crippen molar-refractivity contribution in [2.24, 2.45) is 0 Å². The van der Waals surface area contributed by atoms with Crippen molar-refractivity contribution in [1.29, 1.82) is 0 Å². The number of hydrogen-bond acceptors (Lipinski definition) is 2. The Morgan fingerprint density at radius 1 is 1.46 bits per heavy atom. The number of hydrogen-bond donors (Lipinski definition) is 1. The molecule has 0 saturated carbocycles. The highest BCUT2D eigenvalue weighted by Gasteiger charge is 2.07. The Hall–Kier alpha value is -0.930. The van der Waals surface area contributed by atoms with Crippen LogP contribution in [0, 0.1) is 12.7 Å². The van der Waals surface area contributed by atoms with Crippen LogP contribution in [-0.2, 0) is 6.61 Å². The van der Waals surface area contributed by atoms with Gasteiger partial charge in [0.25, 0.3) is 0 Å². The average molecular weight is 196 g/mol. The Morgan fingerprint density at radius 3 is 2.92 bits per heavy atom. The van der Waals surface area contributed by atoms with Crippen LogP contribution >= 0.6 is 11.3 Å². The average Bonchev–Trinajstić information content (AvgIpc) is 2.55. The summed E-state index contributed by atoms with van der Waals surface area (Å²) < 4.78 is 14.0. The molecule has 2 rings (SSSR count). The minimum Gasteiger partial charge on any atom is -0.392 e. The van der Waals surface area contributed by atoms with Gasteiger partial charge in [-0.15, -0.1) is 11.3 Å². The number of aliphatic hydroxyl groups excluding tert-OH is 1. The van der Waals surface area contributed by atoms with Gasteiger partial charge in [-0.25, -0.2) is 4.39 Å².